The van der Waals surface area contributed by atoms with E-state index in [1.54, 1.807) is 13.1 Å². The predicted octanol–water partition coefficient (Wildman–Crippen LogP) is 2.74. The van der Waals surface area contributed by atoms with Crippen molar-refractivity contribution in [3.63, 3.8) is 0 Å². The molecule has 1 aliphatic heterocycles. The Bertz CT molecular complexity index is 686. The van der Waals surface area contributed by atoms with Crippen molar-refractivity contribution >= 4 is 15.9 Å². The minimum atomic E-state index is -0.0587. The smallest absolute Gasteiger partial charge is 0.250 e. The van der Waals surface area contributed by atoms with E-state index in [1.165, 1.54) is 6.42 Å². The second-order valence-electron chi connectivity index (χ2n) is 5.52. The molecule has 0 spiro atoms. The van der Waals surface area contributed by atoms with Gasteiger partial charge in [-0.15, -0.1) is 0 Å². The molecule has 1 atom stereocenters. The Labute approximate surface area is 131 Å². The summed E-state index contributed by atoms with van der Waals surface area (Å²) in [5.74, 6) is 1.38. The Hall–Kier alpha value is -1.40. The van der Waals surface area contributed by atoms with Gasteiger partial charge in [-0.2, -0.15) is 0 Å². The molecule has 1 fully saturated rings. The van der Waals surface area contributed by atoms with E-state index in [0.29, 0.717) is 11.5 Å². The van der Waals surface area contributed by atoms with Crippen LogP contribution in [0.15, 0.2) is 27.9 Å². The van der Waals surface area contributed by atoms with Crippen LogP contribution >= 0.6 is 15.9 Å². The normalized spacial score (nSPS) is 18.9. The fourth-order valence-corrected chi connectivity index (χ4v) is 3.12. The predicted molar refractivity (Wildman–Crippen MR) is 84.3 cm³/mol. The fourth-order valence-electron chi connectivity index (χ4n) is 2.71. The highest BCUT2D eigenvalue weighted by molar-refractivity contribution is 9.10. The summed E-state index contributed by atoms with van der Waals surface area (Å²) in [6.45, 7) is 4.36. The van der Waals surface area contributed by atoms with Gasteiger partial charge in [0.15, 0.2) is 0 Å². The van der Waals surface area contributed by atoms with Crippen LogP contribution in [0.25, 0.3) is 11.4 Å². The zero-order valence-corrected chi connectivity index (χ0v) is 13.5. The largest absolute Gasteiger partial charge is 0.381 e. The van der Waals surface area contributed by atoms with Crippen molar-refractivity contribution in [2.24, 2.45) is 5.92 Å². The maximum Gasteiger partial charge on any atom is 0.250 e. The molecule has 3 rings (SSSR count). The molecule has 0 aromatic carbocycles. The van der Waals surface area contributed by atoms with E-state index in [9.17, 15) is 4.79 Å². The standard InChI is InChI=1S/C15H18BrN3O2/c1-10-5-12(6-17-15(10)20)14-18-13(16)8-19(14)7-11-3-2-4-21-9-11/h5-6,8,11H,2-4,7,9H2,1H3,(H,17,20). The van der Waals surface area contributed by atoms with Crippen molar-refractivity contribution in [3.05, 3.63) is 39.0 Å². The monoisotopic (exact) mass is 351 g/mol. The van der Waals surface area contributed by atoms with Gasteiger partial charge in [-0.05, 0) is 41.8 Å². The number of aromatic amines is 1. The van der Waals surface area contributed by atoms with Crippen LogP contribution in [-0.2, 0) is 11.3 Å². The number of aromatic nitrogens is 3. The molecule has 2 aromatic heterocycles. The Morgan fingerprint density at radius 3 is 3.14 bits per heavy atom. The third kappa shape index (κ3) is 3.27. The average Bonchev–Trinajstić information content (AvgIpc) is 2.84. The SMILES string of the molecule is Cc1cc(-c2nc(Br)cn2CC2CCCOC2)c[nH]c1=O. The number of nitrogens with one attached hydrogen (secondary N) is 1. The van der Waals surface area contributed by atoms with Crippen LogP contribution < -0.4 is 5.56 Å². The maximum atomic E-state index is 11.5. The minimum absolute atomic E-state index is 0.0587. The van der Waals surface area contributed by atoms with Crippen molar-refractivity contribution in [2.45, 2.75) is 26.3 Å². The summed E-state index contributed by atoms with van der Waals surface area (Å²) in [6, 6.07) is 1.88. The quantitative estimate of drug-likeness (QED) is 0.924. The number of aryl methyl sites for hydroxylation is 1. The van der Waals surface area contributed by atoms with Gasteiger partial charge in [0.1, 0.15) is 10.4 Å². The van der Waals surface area contributed by atoms with Crippen molar-refractivity contribution in [3.8, 4) is 11.4 Å². The van der Waals surface area contributed by atoms with Crippen LogP contribution in [0.5, 0.6) is 0 Å². The lowest BCUT2D eigenvalue weighted by atomic mass is 10.0. The van der Waals surface area contributed by atoms with E-state index in [-0.39, 0.29) is 5.56 Å². The molecule has 0 radical (unpaired) electrons. The van der Waals surface area contributed by atoms with E-state index in [4.69, 9.17) is 4.74 Å². The Balaban J connectivity index is 1.91. The molecular formula is C15H18BrN3O2. The third-order valence-electron chi connectivity index (χ3n) is 3.80. The second kappa shape index (κ2) is 6.15. The number of pyridine rings is 1. The number of hydrogen-bond donors (Lipinski definition) is 1. The zero-order valence-electron chi connectivity index (χ0n) is 11.9. The van der Waals surface area contributed by atoms with Crippen LogP contribution in [0.4, 0.5) is 0 Å². The molecule has 5 nitrogen and oxygen atoms in total. The van der Waals surface area contributed by atoms with Gasteiger partial charge >= 0.3 is 0 Å². The van der Waals surface area contributed by atoms with Crippen LogP contribution in [0.1, 0.15) is 18.4 Å². The number of nitrogens with zero attached hydrogens (tertiary/aromatic N) is 2. The lowest BCUT2D eigenvalue weighted by Crippen LogP contribution is -2.22. The van der Waals surface area contributed by atoms with Gasteiger partial charge in [0.05, 0.1) is 6.61 Å². The fraction of sp³-hybridized carbons (Fsp3) is 0.467. The summed E-state index contributed by atoms with van der Waals surface area (Å²) in [7, 11) is 0. The van der Waals surface area contributed by atoms with Crippen LogP contribution in [0, 0.1) is 12.8 Å². The van der Waals surface area contributed by atoms with Crippen LogP contribution in [-0.4, -0.2) is 27.7 Å². The van der Waals surface area contributed by atoms with Crippen molar-refractivity contribution in [2.75, 3.05) is 13.2 Å². The average molecular weight is 352 g/mol. The molecule has 0 aliphatic carbocycles. The van der Waals surface area contributed by atoms with E-state index in [2.05, 4.69) is 30.5 Å². The molecule has 0 bridgehead atoms. The van der Waals surface area contributed by atoms with Gasteiger partial charge in [-0.1, -0.05) is 0 Å². The molecule has 1 aliphatic rings. The van der Waals surface area contributed by atoms with E-state index in [1.807, 2.05) is 12.3 Å². The highest BCUT2D eigenvalue weighted by Gasteiger charge is 2.18. The number of rotatable bonds is 3. The zero-order chi connectivity index (χ0) is 14.8. The number of ether oxygens (including phenoxy) is 1. The van der Waals surface area contributed by atoms with E-state index >= 15 is 0 Å². The molecule has 0 amide bonds. The highest BCUT2D eigenvalue weighted by Crippen LogP contribution is 2.24. The lowest BCUT2D eigenvalue weighted by Gasteiger charge is -2.23. The van der Waals surface area contributed by atoms with Crippen molar-refractivity contribution < 1.29 is 4.74 Å². The summed E-state index contributed by atoms with van der Waals surface area (Å²) in [5, 5.41) is 0. The summed E-state index contributed by atoms with van der Waals surface area (Å²) >= 11 is 3.44. The van der Waals surface area contributed by atoms with Gasteiger partial charge in [-0.3, -0.25) is 4.79 Å². The maximum absolute atomic E-state index is 11.5. The Morgan fingerprint density at radius 1 is 1.57 bits per heavy atom. The molecule has 0 saturated carbocycles. The van der Waals surface area contributed by atoms with E-state index < -0.39 is 0 Å². The molecule has 2 aromatic rings. The lowest BCUT2D eigenvalue weighted by molar-refractivity contribution is 0.0485. The minimum Gasteiger partial charge on any atom is -0.381 e. The van der Waals surface area contributed by atoms with Crippen molar-refractivity contribution in [1.29, 1.82) is 0 Å². The molecule has 3 heterocycles. The van der Waals surface area contributed by atoms with E-state index in [0.717, 1.165) is 42.2 Å². The molecule has 6 heteroatoms. The number of imidazole rings is 1. The van der Waals surface area contributed by atoms with Crippen LogP contribution in [0.2, 0.25) is 0 Å². The first-order valence-corrected chi connectivity index (χ1v) is 7.93. The molecule has 112 valence electrons. The number of halogens is 1. The van der Waals surface area contributed by atoms with Crippen LogP contribution in [0.3, 0.4) is 0 Å². The summed E-state index contributed by atoms with van der Waals surface area (Å²) in [5.41, 5.74) is 1.56. The third-order valence-corrected chi connectivity index (χ3v) is 4.19. The molecular weight excluding hydrogens is 334 g/mol. The second-order valence-corrected chi connectivity index (χ2v) is 6.34. The van der Waals surface area contributed by atoms with Gasteiger partial charge < -0.3 is 14.3 Å². The molecule has 1 N–H and O–H groups in total. The number of H-pyrrole nitrogens is 1. The first-order chi connectivity index (χ1) is 10.1. The van der Waals surface area contributed by atoms with Gasteiger partial charge in [-0.25, -0.2) is 4.98 Å². The van der Waals surface area contributed by atoms with Gasteiger partial charge in [0.2, 0.25) is 0 Å². The Kier molecular flexibility index (Phi) is 4.26. The summed E-state index contributed by atoms with van der Waals surface area (Å²) < 4.78 is 8.49. The van der Waals surface area contributed by atoms with Gasteiger partial charge in [0.25, 0.3) is 5.56 Å². The molecule has 1 saturated heterocycles. The van der Waals surface area contributed by atoms with Gasteiger partial charge in [0, 0.05) is 42.6 Å². The first-order valence-electron chi connectivity index (χ1n) is 7.13. The Morgan fingerprint density at radius 2 is 2.43 bits per heavy atom. The topological polar surface area (TPSA) is 59.9 Å². The first kappa shape index (κ1) is 14.5. The molecule has 1 unspecified atom stereocenters. The number of hydrogen-bond acceptors (Lipinski definition) is 3. The van der Waals surface area contributed by atoms with Crippen molar-refractivity contribution in [1.82, 2.24) is 14.5 Å². The summed E-state index contributed by atoms with van der Waals surface area (Å²) in [6.07, 6.45) is 6.01. The molecule has 21 heavy (non-hydrogen) atoms. The summed E-state index contributed by atoms with van der Waals surface area (Å²) in [4.78, 5) is 18.8. The highest BCUT2D eigenvalue weighted by atomic mass is 79.9.